The maximum atomic E-state index is 12.0. The van der Waals surface area contributed by atoms with Gasteiger partial charge < -0.3 is 15.0 Å². The Bertz CT molecular complexity index is 628. The third-order valence-corrected chi connectivity index (χ3v) is 4.34. The molecule has 0 unspecified atom stereocenters. The van der Waals surface area contributed by atoms with E-state index >= 15 is 0 Å². The zero-order chi connectivity index (χ0) is 15.9. The van der Waals surface area contributed by atoms with Gasteiger partial charge in [-0.1, -0.05) is 18.2 Å². The van der Waals surface area contributed by atoms with E-state index in [0.29, 0.717) is 24.8 Å². The van der Waals surface area contributed by atoms with Crippen LogP contribution in [-0.4, -0.2) is 50.7 Å². The number of amides is 2. The van der Waals surface area contributed by atoms with Crippen molar-refractivity contribution in [2.24, 2.45) is 0 Å². The SMILES string of the molecule is O=C(NCc1n[nH]c(COc2ccccc2)n1)N1CCSCC1. The summed E-state index contributed by atoms with van der Waals surface area (Å²) in [5.41, 5.74) is 0. The van der Waals surface area contributed by atoms with E-state index in [1.54, 1.807) is 0 Å². The Labute approximate surface area is 138 Å². The number of hydrogen-bond donors (Lipinski definition) is 2. The summed E-state index contributed by atoms with van der Waals surface area (Å²) in [5, 5.41) is 9.76. The molecule has 1 fully saturated rings. The Balaban J connectivity index is 1.44. The number of rotatable bonds is 5. The molecule has 122 valence electrons. The Morgan fingerprint density at radius 2 is 2.09 bits per heavy atom. The molecule has 1 aliphatic rings. The van der Waals surface area contributed by atoms with E-state index in [0.717, 1.165) is 30.3 Å². The second-order valence-electron chi connectivity index (χ2n) is 5.06. The highest BCUT2D eigenvalue weighted by Gasteiger charge is 2.16. The Morgan fingerprint density at radius 3 is 2.87 bits per heavy atom. The lowest BCUT2D eigenvalue weighted by Crippen LogP contribution is -2.44. The Hall–Kier alpha value is -2.22. The van der Waals surface area contributed by atoms with E-state index in [4.69, 9.17) is 4.74 Å². The first-order valence-corrected chi connectivity index (χ1v) is 8.65. The first-order chi connectivity index (χ1) is 11.3. The molecule has 0 radical (unpaired) electrons. The highest BCUT2D eigenvalue weighted by molar-refractivity contribution is 7.99. The van der Waals surface area contributed by atoms with Gasteiger partial charge in [0.25, 0.3) is 0 Å². The standard InChI is InChI=1S/C15H19N5O2S/c21-15(20-6-8-23-9-7-20)16-10-13-17-14(19-18-13)11-22-12-4-2-1-3-5-12/h1-5H,6-11H2,(H,16,21)(H,17,18,19). The average Bonchev–Trinajstić information content (AvgIpc) is 3.07. The number of urea groups is 1. The van der Waals surface area contributed by atoms with Crippen molar-refractivity contribution in [3.63, 3.8) is 0 Å². The largest absolute Gasteiger partial charge is 0.486 e. The van der Waals surface area contributed by atoms with Crippen molar-refractivity contribution in [3.8, 4) is 5.75 Å². The monoisotopic (exact) mass is 333 g/mol. The molecule has 2 amide bonds. The smallest absolute Gasteiger partial charge is 0.317 e. The number of para-hydroxylation sites is 1. The van der Waals surface area contributed by atoms with Crippen LogP contribution in [0.4, 0.5) is 4.79 Å². The van der Waals surface area contributed by atoms with Crippen LogP contribution in [0.3, 0.4) is 0 Å². The van der Waals surface area contributed by atoms with Crippen molar-refractivity contribution in [2.75, 3.05) is 24.6 Å². The van der Waals surface area contributed by atoms with Crippen molar-refractivity contribution >= 4 is 17.8 Å². The second-order valence-corrected chi connectivity index (χ2v) is 6.28. The number of hydrogen-bond acceptors (Lipinski definition) is 5. The summed E-state index contributed by atoms with van der Waals surface area (Å²) in [7, 11) is 0. The van der Waals surface area contributed by atoms with E-state index in [2.05, 4.69) is 20.5 Å². The van der Waals surface area contributed by atoms with Crippen molar-refractivity contribution < 1.29 is 9.53 Å². The number of thioether (sulfide) groups is 1. The van der Waals surface area contributed by atoms with Gasteiger partial charge in [0.1, 0.15) is 12.4 Å². The highest BCUT2D eigenvalue weighted by Crippen LogP contribution is 2.10. The van der Waals surface area contributed by atoms with Crippen molar-refractivity contribution in [1.82, 2.24) is 25.4 Å². The van der Waals surface area contributed by atoms with E-state index < -0.39 is 0 Å². The molecule has 0 aliphatic carbocycles. The minimum atomic E-state index is -0.0582. The van der Waals surface area contributed by atoms with Gasteiger partial charge in [0.15, 0.2) is 11.6 Å². The molecule has 0 atom stereocenters. The molecule has 1 aromatic heterocycles. The van der Waals surface area contributed by atoms with Crippen LogP contribution in [0.2, 0.25) is 0 Å². The summed E-state index contributed by atoms with van der Waals surface area (Å²) in [6.45, 7) is 2.21. The summed E-state index contributed by atoms with van der Waals surface area (Å²) in [4.78, 5) is 18.1. The number of aromatic nitrogens is 3. The molecule has 1 saturated heterocycles. The van der Waals surface area contributed by atoms with Crippen LogP contribution < -0.4 is 10.1 Å². The minimum Gasteiger partial charge on any atom is -0.486 e. The highest BCUT2D eigenvalue weighted by atomic mass is 32.2. The molecule has 3 rings (SSSR count). The first kappa shape index (κ1) is 15.7. The summed E-state index contributed by atoms with van der Waals surface area (Å²) in [6.07, 6.45) is 0. The fraction of sp³-hybridized carbons (Fsp3) is 0.400. The summed E-state index contributed by atoms with van der Waals surface area (Å²) in [6, 6.07) is 9.47. The fourth-order valence-corrected chi connectivity index (χ4v) is 3.08. The van der Waals surface area contributed by atoms with E-state index in [9.17, 15) is 4.79 Å². The topological polar surface area (TPSA) is 83.1 Å². The number of carbonyl (C=O) groups is 1. The molecule has 1 aromatic carbocycles. The molecule has 7 nitrogen and oxygen atoms in total. The van der Waals surface area contributed by atoms with Gasteiger partial charge in [-0.05, 0) is 12.1 Å². The van der Waals surface area contributed by atoms with Gasteiger partial charge in [-0.3, -0.25) is 5.10 Å². The van der Waals surface area contributed by atoms with Crippen molar-refractivity contribution in [1.29, 1.82) is 0 Å². The zero-order valence-electron chi connectivity index (χ0n) is 12.7. The predicted octanol–water partition coefficient (Wildman–Crippen LogP) is 1.64. The van der Waals surface area contributed by atoms with Gasteiger partial charge in [-0.25, -0.2) is 9.78 Å². The van der Waals surface area contributed by atoms with Crippen LogP contribution in [0.1, 0.15) is 11.6 Å². The van der Waals surface area contributed by atoms with Crippen LogP contribution in [-0.2, 0) is 13.2 Å². The number of carbonyl (C=O) groups excluding carboxylic acids is 1. The molecule has 2 heterocycles. The van der Waals surface area contributed by atoms with Gasteiger partial charge >= 0.3 is 6.03 Å². The van der Waals surface area contributed by atoms with E-state index in [1.807, 2.05) is 47.0 Å². The van der Waals surface area contributed by atoms with Crippen LogP contribution in [0.15, 0.2) is 30.3 Å². The summed E-state index contributed by atoms with van der Waals surface area (Å²) >= 11 is 1.87. The molecule has 2 aromatic rings. The minimum absolute atomic E-state index is 0.0582. The Morgan fingerprint density at radius 1 is 1.30 bits per heavy atom. The normalized spacial score (nSPS) is 14.5. The molecule has 0 saturated carbocycles. The number of benzene rings is 1. The maximum Gasteiger partial charge on any atom is 0.317 e. The lowest BCUT2D eigenvalue weighted by Gasteiger charge is -2.26. The Kier molecular flexibility index (Phi) is 5.36. The van der Waals surface area contributed by atoms with Gasteiger partial charge in [0.2, 0.25) is 0 Å². The lowest BCUT2D eigenvalue weighted by molar-refractivity contribution is 0.202. The quantitative estimate of drug-likeness (QED) is 0.869. The lowest BCUT2D eigenvalue weighted by atomic mass is 10.3. The molecule has 1 aliphatic heterocycles. The summed E-state index contributed by atoms with van der Waals surface area (Å²) < 4.78 is 5.59. The first-order valence-electron chi connectivity index (χ1n) is 7.50. The number of aromatic amines is 1. The average molecular weight is 333 g/mol. The molecule has 8 heteroatoms. The maximum absolute atomic E-state index is 12.0. The van der Waals surface area contributed by atoms with Crippen molar-refractivity contribution in [3.05, 3.63) is 42.0 Å². The van der Waals surface area contributed by atoms with Crippen LogP contribution in [0, 0.1) is 0 Å². The molecule has 0 bridgehead atoms. The molecular formula is C15H19N5O2S. The van der Waals surface area contributed by atoms with Gasteiger partial charge in [0.05, 0.1) is 6.54 Å². The third kappa shape index (κ3) is 4.62. The summed E-state index contributed by atoms with van der Waals surface area (Å²) in [5.74, 6) is 3.95. The second kappa shape index (κ2) is 7.87. The molecule has 0 spiro atoms. The molecular weight excluding hydrogens is 314 g/mol. The van der Waals surface area contributed by atoms with Crippen LogP contribution >= 0.6 is 11.8 Å². The molecule has 23 heavy (non-hydrogen) atoms. The number of H-pyrrole nitrogens is 1. The fourth-order valence-electron chi connectivity index (χ4n) is 2.18. The number of nitrogens with zero attached hydrogens (tertiary/aromatic N) is 3. The predicted molar refractivity (Wildman–Crippen MR) is 88.3 cm³/mol. The van der Waals surface area contributed by atoms with Gasteiger partial charge in [0, 0.05) is 24.6 Å². The third-order valence-electron chi connectivity index (χ3n) is 3.39. The molecule has 2 N–H and O–H groups in total. The van der Waals surface area contributed by atoms with Crippen LogP contribution in [0.5, 0.6) is 5.75 Å². The number of ether oxygens (including phenoxy) is 1. The van der Waals surface area contributed by atoms with E-state index in [1.165, 1.54) is 0 Å². The van der Waals surface area contributed by atoms with Gasteiger partial charge in [-0.2, -0.15) is 16.9 Å². The van der Waals surface area contributed by atoms with Crippen LogP contribution in [0.25, 0.3) is 0 Å². The van der Waals surface area contributed by atoms with Gasteiger partial charge in [-0.15, -0.1) is 0 Å². The number of nitrogens with one attached hydrogen (secondary N) is 2. The van der Waals surface area contributed by atoms with Crippen molar-refractivity contribution in [2.45, 2.75) is 13.2 Å². The van der Waals surface area contributed by atoms with E-state index in [-0.39, 0.29) is 6.03 Å². The zero-order valence-corrected chi connectivity index (χ0v) is 13.5.